The summed E-state index contributed by atoms with van der Waals surface area (Å²) in [5.41, 5.74) is 5.30. The number of hydrogen-bond acceptors (Lipinski definition) is 4. The van der Waals surface area contributed by atoms with Gasteiger partial charge < -0.3 is 24.3 Å². The number of fused-ring (bicyclic) bond motifs is 4. The second kappa shape index (κ2) is 9.61. The Morgan fingerprint density at radius 2 is 1.92 bits per heavy atom. The Kier molecular flexibility index (Phi) is 6.14. The van der Waals surface area contributed by atoms with E-state index < -0.39 is 12.1 Å². The van der Waals surface area contributed by atoms with Gasteiger partial charge in [0.05, 0.1) is 20.8 Å². The van der Waals surface area contributed by atoms with Crippen LogP contribution in [-0.2, 0) is 16.0 Å². The summed E-state index contributed by atoms with van der Waals surface area (Å²) in [5.74, 6) is 1.30. The van der Waals surface area contributed by atoms with E-state index in [4.69, 9.17) is 9.47 Å². The molecule has 37 heavy (non-hydrogen) atoms. The number of H-pyrrole nitrogens is 1. The van der Waals surface area contributed by atoms with E-state index >= 15 is 0 Å². The van der Waals surface area contributed by atoms with Crippen molar-refractivity contribution in [3.63, 3.8) is 0 Å². The Labute approximate surface area is 217 Å². The molecule has 3 aromatic rings. The molecule has 3 heterocycles. The molecule has 7 heteroatoms. The topological polar surface area (TPSA) is 74.9 Å². The molecule has 0 spiro atoms. The van der Waals surface area contributed by atoms with Crippen molar-refractivity contribution in [1.82, 2.24) is 14.8 Å². The number of ether oxygens (including phenoxy) is 2. The van der Waals surface area contributed by atoms with Crippen LogP contribution >= 0.6 is 0 Å². The number of hydrogen-bond donors (Lipinski definition) is 1. The summed E-state index contributed by atoms with van der Waals surface area (Å²) >= 11 is 0. The zero-order valence-electron chi connectivity index (χ0n) is 21.5. The van der Waals surface area contributed by atoms with Crippen LogP contribution in [0.1, 0.15) is 55.0 Å². The van der Waals surface area contributed by atoms with Gasteiger partial charge in [-0.25, -0.2) is 0 Å². The van der Waals surface area contributed by atoms with Crippen molar-refractivity contribution in [1.29, 1.82) is 0 Å². The van der Waals surface area contributed by atoms with Crippen molar-refractivity contribution in [2.24, 2.45) is 0 Å². The highest BCUT2D eigenvalue weighted by Crippen LogP contribution is 2.45. The standard InChI is InChI=1S/C30H33N3O4/c1-36-20-12-13-22(26(16-20)37-2)29-28-23(21-10-6-7-11-24(21)31-28)17-25-30(35)32(18-27(34)33(25)29)15-14-19-8-4-3-5-9-19/h6-8,10-13,16,25,29,31H,3-5,9,14-15,17-18H2,1-2H3. The maximum Gasteiger partial charge on any atom is 0.246 e. The number of benzene rings is 2. The first kappa shape index (κ1) is 23.6. The fourth-order valence-corrected chi connectivity index (χ4v) is 6.29. The van der Waals surface area contributed by atoms with Gasteiger partial charge in [0.25, 0.3) is 0 Å². The molecule has 1 N–H and O–H groups in total. The molecule has 2 amide bonds. The average Bonchev–Trinajstić information content (AvgIpc) is 3.31. The summed E-state index contributed by atoms with van der Waals surface area (Å²) in [6.45, 7) is 0.700. The molecule has 6 rings (SSSR count). The largest absolute Gasteiger partial charge is 0.497 e. The quantitative estimate of drug-likeness (QED) is 0.496. The van der Waals surface area contributed by atoms with Crippen molar-refractivity contribution in [3.8, 4) is 11.5 Å². The first-order valence-corrected chi connectivity index (χ1v) is 13.2. The van der Waals surface area contributed by atoms with Crippen LogP contribution in [0.2, 0.25) is 0 Å². The number of para-hydroxylation sites is 1. The molecule has 1 aromatic heterocycles. The lowest BCUT2D eigenvalue weighted by atomic mass is 9.85. The molecule has 2 atom stereocenters. The number of piperazine rings is 1. The van der Waals surface area contributed by atoms with Crippen LogP contribution in [0.3, 0.4) is 0 Å². The molecule has 1 fully saturated rings. The third kappa shape index (κ3) is 4.06. The first-order chi connectivity index (χ1) is 18.1. The lowest BCUT2D eigenvalue weighted by molar-refractivity contribution is -0.158. The summed E-state index contributed by atoms with van der Waals surface area (Å²) in [6.07, 6.45) is 8.33. The summed E-state index contributed by atoms with van der Waals surface area (Å²) < 4.78 is 11.2. The average molecular weight is 500 g/mol. The number of carbonyl (C=O) groups excluding carboxylic acids is 2. The van der Waals surface area contributed by atoms with Crippen molar-refractivity contribution >= 4 is 22.7 Å². The van der Waals surface area contributed by atoms with Gasteiger partial charge in [0.2, 0.25) is 11.8 Å². The van der Waals surface area contributed by atoms with Crippen molar-refractivity contribution in [2.45, 2.75) is 50.6 Å². The maximum atomic E-state index is 13.9. The molecule has 7 nitrogen and oxygen atoms in total. The van der Waals surface area contributed by atoms with Gasteiger partial charge in [0.15, 0.2) is 0 Å². The first-order valence-electron chi connectivity index (χ1n) is 13.2. The number of amides is 2. The van der Waals surface area contributed by atoms with E-state index in [2.05, 4.69) is 17.1 Å². The van der Waals surface area contributed by atoms with Crippen LogP contribution < -0.4 is 9.47 Å². The van der Waals surface area contributed by atoms with Crippen molar-refractivity contribution in [2.75, 3.05) is 27.3 Å². The lowest BCUT2D eigenvalue weighted by Crippen LogP contribution is -2.63. The highest BCUT2D eigenvalue weighted by molar-refractivity contribution is 5.97. The minimum atomic E-state index is -0.551. The number of aromatic nitrogens is 1. The smallest absolute Gasteiger partial charge is 0.246 e. The van der Waals surface area contributed by atoms with Crippen LogP contribution in [0, 0.1) is 0 Å². The second-order valence-corrected chi connectivity index (χ2v) is 10.2. The van der Waals surface area contributed by atoms with Gasteiger partial charge in [-0.1, -0.05) is 29.8 Å². The van der Waals surface area contributed by atoms with Gasteiger partial charge in [0, 0.05) is 41.2 Å². The van der Waals surface area contributed by atoms with Gasteiger partial charge >= 0.3 is 0 Å². The van der Waals surface area contributed by atoms with Crippen molar-refractivity contribution in [3.05, 3.63) is 70.9 Å². The zero-order valence-corrected chi connectivity index (χ0v) is 21.5. The number of nitrogens with one attached hydrogen (secondary N) is 1. The fourth-order valence-electron chi connectivity index (χ4n) is 6.29. The lowest BCUT2D eigenvalue weighted by Gasteiger charge is -2.47. The number of rotatable bonds is 6. The van der Waals surface area contributed by atoms with E-state index in [-0.39, 0.29) is 18.4 Å². The predicted molar refractivity (Wildman–Crippen MR) is 142 cm³/mol. The molecule has 2 unspecified atom stereocenters. The number of carbonyl (C=O) groups is 2. The molecule has 2 aromatic carbocycles. The molecule has 0 saturated carbocycles. The van der Waals surface area contributed by atoms with E-state index in [0.29, 0.717) is 24.5 Å². The minimum Gasteiger partial charge on any atom is -0.497 e. The molecule has 3 aliphatic rings. The predicted octanol–water partition coefficient (Wildman–Crippen LogP) is 4.76. The Morgan fingerprint density at radius 3 is 2.70 bits per heavy atom. The third-order valence-corrected chi connectivity index (χ3v) is 8.17. The molecule has 1 saturated heterocycles. The van der Waals surface area contributed by atoms with Crippen LogP contribution in [0.5, 0.6) is 11.5 Å². The summed E-state index contributed by atoms with van der Waals surface area (Å²) in [4.78, 5) is 34.9. The number of methoxy groups -OCH3 is 2. The molecule has 192 valence electrons. The SMILES string of the molecule is COc1ccc(C2c3[nH]c4ccccc4c3CC3C(=O)N(CCC4=CCCCC4)CC(=O)N32)c(OC)c1. The van der Waals surface area contributed by atoms with E-state index in [1.807, 2.05) is 36.4 Å². The molecule has 0 radical (unpaired) electrons. The summed E-state index contributed by atoms with van der Waals surface area (Å²) in [7, 11) is 3.24. The van der Waals surface area contributed by atoms with Crippen LogP contribution in [0.15, 0.2) is 54.1 Å². The van der Waals surface area contributed by atoms with Gasteiger partial charge in [-0.3, -0.25) is 9.59 Å². The Morgan fingerprint density at radius 1 is 1.05 bits per heavy atom. The normalized spacial score (nSPS) is 21.5. The van der Waals surface area contributed by atoms with Crippen molar-refractivity contribution < 1.29 is 19.1 Å². The van der Waals surface area contributed by atoms with E-state index in [1.54, 1.807) is 24.0 Å². The highest BCUT2D eigenvalue weighted by Gasteiger charge is 2.48. The van der Waals surface area contributed by atoms with E-state index in [9.17, 15) is 9.59 Å². The minimum absolute atomic E-state index is 0.0319. The van der Waals surface area contributed by atoms with Crippen LogP contribution in [0.4, 0.5) is 0 Å². The van der Waals surface area contributed by atoms with Crippen LogP contribution in [-0.4, -0.2) is 59.9 Å². The van der Waals surface area contributed by atoms with Gasteiger partial charge in [-0.15, -0.1) is 0 Å². The number of allylic oxidation sites excluding steroid dienone is 1. The summed E-state index contributed by atoms with van der Waals surface area (Å²) in [5, 5.41) is 1.10. The third-order valence-electron chi connectivity index (χ3n) is 8.17. The highest BCUT2D eigenvalue weighted by atomic mass is 16.5. The van der Waals surface area contributed by atoms with Gasteiger partial charge in [0.1, 0.15) is 23.6 Å². The van der Waals surface area contributed by atoms with E-state index in [1.165, 1.54) is 18.4 Å². The maximum absolute atomic E-state index is 13.9. The molecule has 0 bridgehead atoms. The van der Waals surface area contributed by atoms with E-state index in [0.717, 1.165) is 47.0 Å². The Balaban J connectivity index is 1.42. The summed E-state index contributed by atoms with van der Waals surface area (Å²) in [6, 6.07) is 12.8. The number of nitrogens with zero attached hydrogens (tertiary/aromatic N) is 2. The monoisotopic (exact) mass is 499 g/mol. The fraction of sp³-hybridized carbons (Fsp3) is 0.400. The molecule has 1 aliphatic carbocycles. The zero-order chi connectivity index (χ0) is 25.5. The second-order valence-electron chi connectivity index (χ2n) is 10.2. The molecular formula is C30H33N3O4. The molecular weight excluding hydrogens is 466 g/mol. The Bertz CT molecular complexity index is 1390. The van der Waals surface area contributed by atoms with Gasteiger partial charge in [-0.05, 0) is 55.9 Å². The Hall–Kier alpha value is -3.74. The molecule has 2 aliphatic heterocycles. The number of aromatic amines is 1. The van der Waals surface area contributed by atoms with Crippen LogP contribution in [0.25, 0.3) is 10.9 Å². The van der Waals surface area contributed by atoms with Gasteiger partial charge in [-0.2, -0.15) is 0 Å².